The van der Waals surface area contributed by atoms with Gasteiger partial charge in [0.2, 0.25) is 0 Å². The number of aliphatic hydroxyl groups is 1. The lowest BCUT2D eigenvalue weighted by Gasteiger charge is -2.28. The normalized spacial score (nSPS) is 20.7. The van der Waals surface area contributed by atoms with Gasteiger partial charge in [-0.05, 0) is 44.6 Å². The Morgan fingerprint density at radius 1 is 1.40 bits per heavy atom. The monoisotopic (exact) mass is 280 g/mol. The van der Waals surface area contributed by atoms with Crippen LogP contribution in [0.15, 0.2) is 18.2 Å². The minimum absolute atomic E-state index is 0.288. The van der Waals surface area contributed by atoms with Gasteiger partial charge in [-0.1, -0.05) is 13.8 Å². The van der Waals surface area contributed by atoms with Gasteiger partial charge in [-0.15, -0.1) is 0 Å². The number of aliphatic hydroxyl groups excluding tert-OH is 1. The lowest BCUT2D eigenvalue weighted by Crippen LogP contribution is -2.37. The highest BCUT2D eigenvalue weighted by molar-refractivity contribution is 5.55. The average Bonchev–Trinajstić information content (AvgIpc) is 2.89. The second kappa shape index (κ2) is 6.55. The summed E-state index contributed by atoms with van der Waals surface area (Å²) in [7, 11) is 0. The zero-order valence-electron chi connectivity index (χ0n) is 12.6. The van der Waals surface area contributed by atoms with E-state index in [0.717, 1.165) is 38.3 Å². The first-order valence-corrected chi connectivity index (χ1v) is 7.53. The van der Waals surface area contributed by atoms with Crippen molar-refractivity contribution in [2.45, 2.75) is 39.3 Å². The van der Waals surface area contributed by atoms with Gasteiger partial charge in [-0.25, -0.2) is 4.39 Å². The van der Waals surface area contributed by atoms with Crippen LogP contribution in [-0.2, 0) is 0 Å². The van der Waals surface area contributed by atoms with Crippen molar-refractivity contribution in [2.75, 3.05) is 31.1 Å². The average molecular weight is 280 g/mol. The maximum absolute atomic E-state index is 13.4. The maximum Gasteiger partial charge on any atom is 0.123 e. The molecule has 2 atom stereocenters. The van der Waals surface area contributed by atoms with Gasteiger partial charge in [-0.2, -0.15) is 0 Å². The van der Waals surface area contributed by atoms with E-state index in [2.05, 4.69) is 23.6 Å². The van der Waals surface area contributed by atoms with Crippen LogP contribution in [0.3, 0.4) is 0 Å². The fourth-order valence-corrected chi connectivity index (χ4v) is 3.15. The molecule has 20 heavy (non-hydrogen) atoms. The van der Waals surface area contributed by atoms with Crippen molar-refractivity contribution in [1.82, 2.24) is 4.90 Å². The molecule has 0 saturated carbocycles. The molecule has 4 heteroatoms. The Labute approximate surface area is 121 Å². The number of halogens is 1. The molecule has 1 aliphatic heterocycles. The first kappa shape index (κ1) is 15.3. The second-order valence-corrected chi connectivity index (χ2v) is 5.49. The second-order valence-electron chi connectivity index (χ2n) is 5.49. The largest absolute Gasteiger partial charge is 0.389 e. The predicted octanol–water partition coefficient (Wildman–Crippen LogP) is 2.80. The fraction of sp³-hybridized carbons (Fsp3) is 0.625. The van der Waals surface area contributed by atoms with Gasteiger partial charge < -0.3 is 10.0 Å². The summed E-state index contributed by atoms with van der Waals surface area (Å²) in [6.07, 6.45) is 0.478. The summed E-state index contributed by atoms with van der Waals surface area (Å²) in [4.78, 5) is 4.73. The zero-order chi connectivity index (χ0) is 14.7. The molecule has 1 aromatic carbocycles. The molecular formula is C16H25FN2O. The summed E-state index contributed by atoms with van der Waals surface area (Å²) in [5, 5.41) is 9.85. The van der Waals surface area contributed by atoms with Crippen LogP contribution >= 0.6 is 0 Å². The van der Waals surface area contributed by atoms with Gasteiger partial charge in [0.15, 0.2) is 0 Å². The molecule has 1 aliphatic rings. The summed E-state index contributed by atoms with van der Waals surface area (Å²) in [6, 6.07) is 5.27. The quantitative estimate of drug-likeness (QED) is 0.898. The van der Waals surface area contributed by atoms with E-state index in [1.807, 2.05) is 0 Å². The van der Waals surface area contributed by atoms with Crippen molar-refractivity contribution in [2.24, 2.45) is 0 Å². The number of nitrogens with zero attached hydrogens (tertiary/aromatic N) is 2. The molecule has 1 heterocycles. The number of hydrogen-bond acceptors (Lipinski definition) is 3. The SMILES string of the molecule is CCN(CC)C1CCN(c2ccc(F)cc2[C@@H](C)O)C1. The summed E-state index contributed by atoms with van der Waals surface area (Å²) in [5.74, 6) is -0.288. The van der Waals surface area contributed by atoms with E-state index in [9.17, 15) is 9.50 Å². The molecule has 1 aromatic rings. The Kier molecular flexibility index (Phi) is 5.00. The van der Waals surface area contributed by atoms with Crippen LogP contribution in [0.2, 0.25) is 0 Å². The van der Waals surface area contributed by atoms with E-state index >= 15 is 0 Å². The molecule has 1 fully saturated rings. The molecule has 0 aliphatic carbocycles. The molecule has 112 valence electrons. The fourth-order valence-electron chi connectivity index (χ4n) is 3.15. The third-order valence-electron chi connectivity index (χ3n) is 4.27. The summed E-state index contributed by atoms with van der Waals surface area (Å²) >= 11 is 0. The van der Waals surface area contributed by atoms with Gasteiger partial charge in [0.25, 0.3) is 0 Å². The number of likely N-dealkylation sites (N-methyl/N-ethyl adjacent to an activating group) is 1. The highest BCUT2D eigenvalue weighted by Crippen LogP contribution is 2.30. The van der Waals surface area contributed by atoms with E-state index in [0.29, 0.717) is 11.6 Å². The van der Waals surface area contributed by atoms with Crippen LogP contribution in [0, 0.1) is 5.82 Å². The molecule has 0 spiro atoms. The molecule has 1 saturated heterocycles. The van der Waals surface area contributed by atoms with Crippen molar-refractivity contribution in [3.05, 3.63) is 29.6 Å². The van der Waals surface area contributed by atoms with E-state index in [1.54, 1.807) is 13.0 Å². The van der Waals surface area contributed by atoms with Crippen molar-refractivity contribution in [3.63, 3.8) is 0 Å². The number of anilines is 1. The van der Waals surface area contributed by atoms with Crippen LogP contribution in [0.4, 0.5) is 10.1 Å². The maximum atomic E-state index is 13.4. The van der Waals surface area contributed by atoms with Crippen molar-refractivity contribution >= 4 is 5.69 Å². The lowest BCUT2D eigenvalue weighted by molar-refractivity contribution is 0.199. The van der Waals surface area contributed by atoms with Gasteiger partial charge >= 0.3 is 0 Å². The smallest absolute Gasteiger partial charge is 0.123 e. The van der Waals surface area contributed by atoms with E-state index in [1.165, 1.54) is 12.1 Å². The number of hydrogen-bond donors (Lipinski definition) is 1. The number of rotatable bonds is 5. The topological polar surface area (TPSA) is 26.7 Å². The molecule has 2 rings (SSSR count). The molecule has 0 radical (unpaired) electrons. The number of benzene rings is 1. The highest BCUT2D eigenvalue weighted by atomic mass is 19.1. The minimum atomic E-state index is -0.645. The molecule has 0 amide bonds. The van der Waals surface area contributed by atoms with Crippen molar-refractivity contribution in [1.29, 1.82) is 0 Å². The van der Waals surface area contributed by atoms with E-state index < -0.39 is 6.10 Å². The van der Waals surface area contributed by atoms with Gasteiger partial charge in [0.05, 0.1) is 6.10 Å². The molecule has 0 bridgehead atoms. The summed E-state index contributed by atoms with van der Waals surface area (Å²) in [6.45, 7) is 10.1. The molecular weight excluding hydrogens is 255 g/mol. The van der Waals surface area contributed by atoms with Crippen LogP contribution in [0.25, 0.3) is 0 Å². The Balaban J connectivity index is 2.18. The summed E-state index contributed by atoms with van der Waals surface area (Å²) in [5.41, 5.74) is 1.65. The van der Waals surface area contributed by atoms with Crippen LogP contribution in [0.1, 0.15) is 38.9 Å². The van der Waals surface area contributed by atoms with Crippen LogP contribution in [-0.4, -0.2) is 42.2 Å². The standard InChI is InChI=1S/C16H25FN2O/c1-4-18(5-2)14-8-9-19(11-14)16-7-6-13(17)10-15(16)12(3)20/h6-7,10,12,14,20H,4-5,8-9,11H2,1-3H3/t12-,14?/m1/s1. The van der Waals surface area contributed by atoms with Gasteiger partial charge in [0.1, 0.15) is 5.82 Å². The Hall–Kier alpha value is -1.13. The highest BCUT2D eigenvalue weighted by Gasteiger charge is 2.28. The third kappa shape index (κ3) is 3.13. The zero-order valence-corrected chi connectivity index (χ0v) is 12.6. The minimum Gasteiger partial charge on any atom is -0.389 e. The molecule has 1 unspecified atom stereocenters. The van der Waals surface area contributed by atoms with Crippen molar-refractivity contribution < 1.29 is 9.50 Å². The van der Waals surface area contributed by atoms with Crippen LogP contribution < -0.4 is 4.90 Å². The molecule has 3 nitrogen and oxygen atoms in total. The Bertz CT molecular complexity index is 446. The lowest BCUT2D eigenvalue weighted by atomic mass is 10.1. The molecule has 1 N–H and O–H groups in total. The van der Waals surface area contributed by atoms with E-state index in [4.69, 9.17) is 0 Å². The van der Waals surface area contributed by atoms with Gasteiger partial charge in [-0.3, -0.25) is 4.90 Å². The van der Waals surface area contributed by atoms with Gasteiger partial charge in [0, 0.05) is 30.4 Å². The summed E-state index contributed by atoms with van der Waals surface area (Å²) < 4.78 is 13.4. The van der Waals surface area contributed by atoms with Crippen LogP contribution in [0.5, 0.6) is 0 Å². The van der Waals surface area contributed by atoms with E-state index in [-0.39, 0.29) is 5.82 Å². The third-order valence-corrected chi connectivity index (χ3v) is 4.27. The predicted molar refractivity (Wildman–Crippen MR) is 80.6 cm³/mol. The Morgan fingerprint density at radius 2 is 2.10 bits per heavy atom. The first-order valence-electron chi connectivity index (χ1n) is 7.53. The molecule has 0 aromatic heterocycles. The Morgan fingerprint density at radius 3 is 2.70 bits per heavy atom. The van der Waals surface area contributed by atoms with Crippen molar-refractivity contribution in [3.8, 4) is 0 Å². The first-order chi connectivity index (χ1) is 9.56.